The Bertz CT molecular complexity index is 517. The first-order chi connectivity index (χ1) is 9.34. The van der Waals surface area contributed by atoms with Crippen LogP contribution in [0.15, 0.2) is 29.8 Å². The van der Waals surface area contributed by atoms with Crippen molar-refractivity contribution in [2.75, 3.05) is 13.2 Å². The third-order valence-corrected chi connectivity index (χ3v) is 3.59. The largest absolute Gasteiger partial charge is 0.490 e. The van der Waals surface area contributed by atoms with Gasteiger partial charge >= 0.3 is 0 Å². The van der Waals surface area contributed by atoms with E-state index >= 15 is 0 Å². The van der Waals surface area contributed by atoms with E-state index < -0.39 is 0 Å². The monoisotopic (exact) mass is 258 g/mol. The van der Waals surface area contributed by atoms with Crippen molar-refractivity contribution >= 4 is 5.78 Å². The zero-order chi connectivity index (χ0) is 13.1. The van der Waals surface area contributed by atoms with Crippen molar-refractivity contribution in [1.82, 2.24) is 0 Å². The Morgan fingerprint density at radius 2 is 1.84 bits per heavy atom. The van der Waals surface area contributed by atoms with E-state index in [1.54, 1.807) is 0 Å². The van der Waals surface area contributed by atoms with Gasteiger partial charge in [-0.15, -0.1) is 0 Å². The second kappa shape index (κ2) is 5.47. The predicted molar refractivity (Wildman–Crippen MR) is 72.9 cm³/mol. The van der Waals surface area contributed by atoms with Crippen LogP contribution < -0.4 is 9.47 Å². The van der Waals surface area contributed by atoms with Crippen LogP contribution in [0.2, 0.25) is 0 Å². The Morgan fingerprint density at radius 1 is 1.00 bits per heavy atom. The van der Waals surface area contributed by atoms with Gasteiger partial charge < -0.3 is 9.47 Å². The molecule has 1 aliphatic carbocycles. The highest BCUT2D eigenvalue weighted by atomic mass is 16.5. The maximum absolute atomic E-state index is 12.4. The molecular formula is C16H18O3. The van der Waals surface area contributed by atoms with Gasteiger partial charge in [0.1, 0.15) is 0 Å². The normalized spacial score (nSPS) is 18.4. The number of Topliss-reactive ketones (excluding diaryl/α,β-unsaturated/α-hetero) is 1. The Morgan fingerprint density at radius 3 is 2.63 bits per heavy atom. The Balaban J connectivity index is 1.87. The molecule has 0 fully saturated rings. The highest BCUT2D eigenvalue weighted by Crippen LogP contribution is 2.32. The fraction of sp³-hybridized carbons (Fsp3) is 0.438. The van der Waals surface area contributed by atoms with Gasteiger partial charge in [0.05, 0.1) is 13.2 Å². The highest BCUT2D eigenvalue weighted by molar-refractivity contribution is 6.09. The summed E-state index contributed by atoms with van der Waals surface area (Å²) in [6.07, 6.45) is 7.18. The molecule has 0 unspecified atom stereocenters. The average Bonchev–Trinajstić information content (AvgIpc) is 2.72. The summed E-state index contributed by atoms with van der Waals surface area (Å²) in [4.78, 5) is 12.4. The zero-order valence-electron chi connectivity index (χ0n) is 11.0. The second-order valence-corrected chi connectivity index (χ2v) is 5.02. The molecule has 3 rings (SSSR count). The predicted octanol–water partition coefficient (Wildman–Crippen LogP) is 3.53. The number of allylic oxidation sites excluding steroid dienone is 2. The molecule has 19 heavy (non-hydrogen) atoms. The van der Waals surface area contributed by atoms with Crippen LogP contribution in [0.25, 0.3) is 0 Å². The maximum atomic E-state index is 12.4. The van der Waals surface area contributed by atoms with Crippen molar-refractivity contribution in [3.05, 3.63) is 35.4 Å². The minimum absolute atomic E-state index is 0.135. The van der Waals surface area contributed by atoms with Crippen LogP contribution in [0.5, 0.6) is 11.5 Å². The molecule has 100 valence electrons. The van der Waals surface area contributed by atoms with Gasteiger partial charge in [0.15, 0.2) is 17.3 Å². The summed E-state index contributed by atoms with van der Waals surface area (Å²) in [6, 6.07) is 5.50. The SMILES string of the molecule is O=C(C1=CCCCC1)c1ccc2c(c1)OCCCO2. The lowest BCUT2D eigenvalue weighted by Gasteiger charge is -2.13. The molecule has 3 heteroatoms. The topological polar surface area (TPSA) is 35.5 Å². The van der Waals surface area contributed by atoms with Crippen molar-refractivity contribution in [3.8, 4) is 11.5 Å². The van der Waals surface area contributed by atoms with Gasteiger partial charge in [0.2, 0.25) is 0 Å². The van der Waals surface area contributed by atoms with E-state index in [0.717, 1.165) is 37.0 Å². The molecule has 0 saturated heterocycles. The third kappa shape index (κ3) is 2.65. The van der Waals surface area contributed by atoms with Gasteiger partial charge in [0, 0.05) is 12.0 Å². The van der Waals surface area contributed by atoms with E-state index in [4.69, 9.17) is 9.47 Å². The number of hydrogen-bond acceptors (Lipinski definition) is 3. The molecule has 1 aromatic rings. The van der Waals surface area contributed by atoms with E-state index in [1.165, 1.54) is 6.42 Å². The molecule has 0 atom stereocenters. The molecule has 3 nitrogen and oxygen atoms in total. The molecule has 0 saturated carbocycles. The molecule has 0 aromatic heterocycles. The summed E-state index contributed by atoms with van der Waals surface area (Å²) in [5.41, 5.74) is 1.65. The standard InChI is InChI=1S/C16H18O3/c17-16(12-5-2-1-3-6-12)13-7-8-14-15(11-13)19-10-4-9-18-14/h5,7-8,11H,1-4,6,9-10H2. The van der Waals surface area contributed by atoms with E-state index in [1.807, 2.05) is 18.2 Å². The Hall–Kier alpha value is -1.77. The van der Waals surface area contributed by atoms with Crippen LogP contribution in [0, 0.1) is 0 Å². The summed E-state index contributed by atoms with van der Waals surface area (Å²) in [7, 11) is 0. The molecule has 0 amide bonds. The molecule has 1 heterocycles. The minimum Gasteiger partial charge on any atom is -0.490 e. The van der Waals surface area contributed by atoms with Crippen LogP contribution in [0.4, 0.5) is 0 Å². The first-order valence-electron chi connectivity index (χ1n) is 6.98. The summed E-state index contributed by atoms with van der Waals surface area (Å²) < 4.78 is 11.2. The number of fused-ring (bicyclic) bond motifs is 1. The van der Waals surface area contributed by atoms with Gasteiger partial charge in [-0.2, -0.15) is 0 Å². The summed E-state index contributed by atoms with van der Waals surface area (Å²) in [6.45, 7) is 1.32. The maximum Gasteiger partial charge on any atom is 0.188 e. The summed E-state index contributed by atoms with van der Waals surface area (Å²) >= 11 is 0. The van der Waals surface area contributed by atoms with E-state index in [-0.39, 0.29) is 5.78 Å². The van der Waals surface area contributed by atoms with Crippen molar-refractivity contribution in [1.29, 1.82) is 0 Å². The average molecular weight is 258 g/mol. The minimum atomic E-state index is 0.135. The summed E-state index contributed by atoms with van der Waals surface area (Å²) in [5.74, 6) is 1.57. The fourth-order valence-electron chi connectivity index (χ4n) is 2.53. The van der Waals surface area contributed by atoms with Crippen molar-refractivity contribution in [3.63, 3.8) is 0 Å². The van der Waals surface area contributed by atoms with Crippen LogP contribution in [-0.2, 0) is 0 Å². The van der Waals surface area contributed by atoms with Gasteiger partial charge in [-0.3, -0.25) is 4.79 Å². The molecule has 1 aromatic carbocycles. The second-order valence-electron chi connectivity index (χ2n) is 5.02. The Labute approximate surface area is 113 Å². The zero-order valence-corrected chi connectivity index (χ0v) is 11.0. The number of ether oxygens (including phenoxy) is 2. The van der Waals surface area contributed by atoms with Gasteiger partial charge in [-0.25, -0.2) is 0 Å². The van der Waals surface area contributed by atoms with Crippen molar-refractivity contribution < 1.29 is 14.3 Å². The van der Waals surface area contributed by atoms with E-state index in [2.05, 4.69) is 6.08 Å². The first kappa shape index (κ1) is 12.3. The fourth-order valence-corrected chi connectivity index (χ4v) is 2.53. The van der Waals surface area contributed by atoms with Crippen LogP contribution in [0.1, 0.15) is 42.5 Å². The lowest BCUT2D eigenvalue weighted by molar-refractivity contribution is 0.102. The van der Waals surface area contributed by atoms with Gasteiger partial charge in [-0.1, -0.05) is 6.08 Å². The number of hydrogen-bond donors (Lipinski definition) is 0. The quantitative estimate of drug-likeness (QED) is 0.761. The van der Waals surface area contributed by atoms with Gasteiger partial charge in [-0.05, 0) is 49.5 Å². The summed E-state index contributed by atoms with van der Waals surface area (Å²) in [5, 5.41) is 0. The lowest BCUT2D eigenvalue weighted by Crippen LogP contribution is -2.07. The molecular weight excluding hydrogens is 240 g/mol. The van der Waals surface area contributed by atoms with Crippen LogP contribution in [-0.4, -0.2) is 19.0 Å². The van der Waals surface area contributed by atoms with E-state index in [9.17, 15) is 4.79 Å². The molecule has 2 aliphatic rings. The molecule has 0 N–H and O–H groups in total. The van der Waals surface area contributed by atoms with Crippen molar-refractivity contribution in [2.24, 2.45) is 0 Å². The number of carbonyl (C=O) groups excluding carboxylic acids is 1. The number of carbonyl (C=O) groups is 1. The Kier molecular flexibility index (Phi) is 3.53. The van der Waals surface area contributed by atoms with Crippen LogP contribution in [0.3, 0.4) is 0 Å². The van der Waals surface area contributed by atoms with Crippen molar-refractivity contribution in [2.45, 2.75) is 32.1 Å². The lowest BCUT2D eigenvalue weighted by atomic mass is 9.93. The number of rotatable bonds is 2. The van der Waals surface area contributed by atoms with Gasteiger partial charge in [0.25, 0.3) is 0 Å². The molecule has 0 spiro atoms. The van der Waals surface area contributed by atoms with Crippen LogP contribution >= 0.6 is 0 Å². The first-order valence-corrected chi connectivity index (χ1v) is 6.98. The number of benzene rings is 1. The highest BCUT2D eigenvalue weighted by Gasteiger charge is 2.17. The van der Waals surface area contributed by atoms with E-state index in [0.29, 0.717) is 24.5 Å². The smallest absolute Gasteiger partial charge is 0.188 e. The molecule has 0 radical (unpaired) electrons. The third-order valence-electron chi connectivity index (χ3n) is 3.59. The number of ketones is 1. The molecule has 0 bridgehead atoms. The molecule has 1 aliphatic heterocycles.